The van der Waals surface area contributed by atoms with E-state index in [1.807, 2.05) is 0 Å². The molecule has 1 aliphatic rings. The zero-order valence-corrected chi connectivity index (χ0v) is 31.9. The van der Waals surface area contributed by atoms with Crippen LogP contribution in [-0.2, 0) is 14.3 Å². The number of hydrogen-bond acceptors (Lipinski definition) is 3. The molecule has 0 aromatic carbocycles. The quantitative estimate of drug-likeness (QED) is 0.133. The summed E-state index contributed by atoms with van der Waals surface area (Å²) in [4.78, 5) is 25.0. The van der Waals surface area contributed by atoms with Gasteiger partial charge < -0.3 is 4.74 Å². The van der Waals surface area contributed by atoms with Crippen LogP contribution in [0.3, 0.4) is 0 Å². The molecular formula is C39H74O3. The Balaban J connectivity index is 3.43. The van der Waals surface area contributed by atoms with E-state index < -0.39 is 11.3 Å². The van der Waals surface area contributed by atoms with Crippen LogP contribution in [0.15, 0.2) is 0 Å². The van der Waals surface area contributed by atoms with E-state index in [1.165, 1.54) is 38.5 Å². The van der Waals surface area contributed by atoms with Crippen molar-refractivity contribution in [2.45, 2.75) is 176 Å². The summed E-state index contributed by atoms with van der Waals surface area (Å²) in [5, 5.41) is 0. The molecule has 0 saturated carbocycles. The maximum Gasteiger partial charge on any atom is 0.317 e. The van der Waals surface area contributed by atoms with Crippen molar-refractivity contribution in [2.75, 3.05) is 0 Å². The fourth-order valence-corrected chi connectivity index (χ4v) is 8.64. The third kappa shape index (κ3) is 6.16. The standard InChI is InChI=1S/C39H74O3/c1-20-21-23-27(2)24-22-25-28(3)32(4,5)34(8,9)36(12,13)38(16,17)39(18,19)37(14,15)35(10,11)33(6,7)29-26-30(40)42-31(29)41/h27-29H,20-26H2,1-19H3. The largest absolute Gasteiger partial charge is 0.393 e. The molecule has 248 valence electrons. The summed E-state index contributed by atoms with van der Waals surface area (Å²) in [5.41, 5.74) is -1.01. The first kappa shape index (κ1) is 39.2. The van der Waals surface area contributed by atoms with Crippen LogP contribution in [0.1, 0.15) is 176 Å². The van der Waals surface area contributed by atoms with Crippen LogP contribution in [0.25, 0.3) is 0 Å². The minimum atomic E-state index is -0.436. The van der Waals surface area contributed by atoms with Crippen LogP contribution in [0.2, 0.25) is 0 Å². The Labute approximate surface area is 263 Å². The Kier molecular flexibility index (Phi) is 11.7. The molecule has 0 aromatic heterocycles. The first-order valence-electron chi connectivity index (χ1n) is 17.3. The van der Waals surface area contributed by atoms with Crippen LogP contribution in [0.4, 0.5) is 0 Å². The molecule has 1 aliphatic heterocycles. The molecule has 0 N–H and O–H groups in total. The van der Waals surface area contributed by atoms with Gasteiger partial charge in [0, 0.05) is 0 Å². The topological polar surface area (TPSA) is 43.4 Å². The van der Waals surface area contributed by atoms with Crippen molar-refractivity contribution in [2.24, 2.45) is 61.1 Å². The average Bonchev–Trinajstić information content (AvgIpc) is 3.19. The van der Waals surface area contributed by atoms with Gasteiger partial charge in [-0.05, 0) is 55.2 Å². The van der Waals surface area contributed by atoms with E-state index in [2.05, 4.69) is 132 Å². The van der Waals surface area contributed by atoms with Gasteiger partial charge in [-0.15, -0.1) is 0 Å². The molecule has 1 saturated heterocycles. The molecule has 1 rings (SSSR count). The van der Waals surface area contributed by atoms with E-state index in [0.29, 0.717) is 5.92 Å². The monoisotopic (exact) mass is 591 g/mol. The molecule has 3 atom stereocenters. The van der Waals surface area contributed by atoms with Gasteiger partial charge in [-0.1, -0.05) is 170 Å². The van der Waals surface area contributed by atoms with E-state index in [1.54, 1.807) is 0 Å². The van der Waals surface area contributed by atoms with Gasteiger partial charge in [-0.25, -0.2) is 0 Å². The fourth-order valence-electron chi connectivity index (χ4n) is 8.64. The molecule has 0 aromatic rings. The van der Waals surface area contributed by atoms with Crippen LogP contribution in [0.5, 0.6) is 0 Å². The Hall–Kier alpha value is -0.860. The maximum atomic E-state index is 12.8. The van der Waals surface area contributed by atoms with E-state index in [0.717, 1.165) is 5.92 Å². The second-order valence-corrected chi connectivity index (χ2v) is 18.8. The molecule has 42 heavy (non-hydrogen) atoms. The van der Waals surface area contributed by atoms with Crippen molar-refractivity contribution in [1.29, 1.82) is 0 Å². The molecular weight excluding hydrogens is 516 g/mol. The van der Waals surface area contributed by atoms with Gasteiger partial charge in [0.05, 0.1) is 12.3 Å². The Morgan fingerprint density at radius 2 is 1.02 bits per heavy atom. The summed E-state index contributed by atoms with van der Waals surface area (Å²) >= 11 is 0. The lowest BCUT2D eigenvalue weighted by molar-refractivity contribution is -0.221. The van der Waals surface area contributed by atoms with Gasteiger partial charge in [0.1, 0.15) is 0 Å². The lowest BCUT2D eigenvalue weighted by atomic mass is 9.34. The lowest BCUT2D eigenvalue weighted by Crippen LogP contribution is -2.64. The second kappa shape index (κ2) is 12.5. The molecule has 0 amide bonds. The van der Waals surface area contributed by atoms with E-state index in [4.69, 9.17) is 4.74 Å². The van der Waals surface area contributed by atoms with Crippen LogP contribution in [-0.4, -0.2) is 11.9 Å². The zero-order valence-electron chi connectivity index (χ0n) is 31.9. The van der Waals surface area contributed by atoms with Crippen LogP contribution in [0, 0.1) is 61.1 Å². The maximum absolute atomic E-state index is 12.8. The lowest BCUT2D eigenvalue weighted by Gasteiger charge is -2.70. The third-order valence-corrected chi connectivity index (χ3v) is 16.4. The summed E-state index contributed by atoms with van der Waals surface area (Å²) in [7, 11) is 0. The molecule has 1 fully saturated rings. The first-order chi connectivity index (χ1) is 18.5. The number of rotatable bonds is 16. The van der Waals surface area contributed by atoms with Crippen molar-refractivity contribution < 1.29 is 14.3 Å². The Morgan fingerprint density at radius 3 is 1.43 bits per heavy atom. The molecule has 0 radical (unpaired) electrons. The zero-order chi connectivity index (χ0) is 33.5. The smallest absolute Gasteiger partial charge is 0.317 e. The number of carbonyl (C=O) groups excluding carboxylic acids is 2. The van der Waals surface area contributed by atoms with Crippen molar-refractivity contribution in [1.82, 2.24) is 0 Å². The predicted molar refractivity (Wildman–Crippen MR) is 181 cm³/mol. The summed E-state index contributed by atoms with van der Waals surface area (Å²) in [5.74, 6) is 0.262. The van der Waals surface area contributed by atoms with Crippen molar-refractivity contribution >= 4 is 11.9 Å². The highest BCUT2D eigenvalue weighted by molar-refractivity contribution is 5.95. The summed E-state index contributed by atoms with van der Waals surface area (Å²) < 4.78 is 5.06. The number of hydrogen-bond donors (Lipinski definition) is 0. The molecule has 1 heterocycles. The van der Waals surface area contributed by atoms with Gasteiger partial charge in [0.25, 0.3) is 0 Å². The number of unbranched alkanes of at least 4 members (excludes halogenated alkanes) is 1. The summed E-state index contributed by atoms with van der Waals surface area (Å²) in [6.45, 7) is 46.0. The highest BCUT2D eigenvalue weighted by atomic mass is 16.6. The number of ether oxygens (including phenoxy) is 1. The Morgan fingerprint density at radius 1 is 0.619 bits per heavy atom. The van der Waals surface area contributed by atoms with Crippen LogP contribution < -0.4 is 0 Å². The van der Waals surface area contributed by atoms with Gasteiger partial charge in [0.15, 0.2) is 0 Å². The van der Waals surface area contributed by atoms with Crippen molar-refractivity contribution in [3.8, 4) is 0 Å². The highest BCUT2D eigenvalue weighted by Crippen LogP contribution is 2.72. The minimum Gasteiger partial charge on any atom is -0.393 e. The summed E-state index contributed by atoms with van der Waals surface area (Å²) in [6.07, 6.45) is 8.10. The number of cyclic esters (lactones) is 2. The third-order valence-electron chi connectivity index (χ3n) is 16.4. The molecule has 0 bridgehead atoms. The summed E-state index contributed by atoms with van der Waals surface area (Å²) in [6, 6.07) is 0. The molecule has 0 spiro atoms. The molecule has 0 aliphatic carbocycles. The number of esters is 2. The van der Waals surface area contributed by atoms with E-state index in [9.17, 15) is 9.59 Å². The first-order valence-corrected chi connectivity index (χ1v) is 17.3. The normalized spacial score (nSPS) is 20.1. The van der Waals surface area contributed by atoms with Gasteiger partial charge in [-0.3, -0.25) is 9.59 Å². The Bertz CT molecular complexity index is 941. The van der Waals surface area contributed by atoms with Gasteiger partial charge in [-0.2, -0.15) is 0 Å². The van der Waals surface area contributed by atoms with Crippen molar-refractivity contribution in [3.63, 3.8) is 0 Å². The predicted octanol–water partition coefficient (Wildman–Crippen LogP) is 11.9. The van der Waals surface area contributed by atoms with E-state index in [-0.39, 0.29) is 56.3 Å². The molecule has 3 nitrogen and oxygen atoms in total. The van der Waals surface area contributed by atoms with Crippen molar-refractivity contribution in [3.05, 3.63) is 0 Å². The second-order valence-electron chi connectivity index (χ2n) is 18.8. The van der Waals surface area contributed by atoms with E-state index >= 15 is 0 Å². The molecule has 3 unspecified atom stereocenters. The highest BCUT2D eigenvalue weighted by Gasteiger charge is 2.67. The minimum absolute atomic E-state index is 0.0323. The van der Waals surface area contributed by atoms with Crippen LogP contribution >= 0.6 is 0 Å². The van der Waals surface area contributed by atoms with Gasteiger partial charge in [0.2, 0.25) is 0 Å². The average molecular weight is 591 g/mol. The SMILES string of the molecule is CCCCC(C)CCCC(C)C(C)(C)C(C)(C)C(C)(C)C(C)(C)C(C)(C)C(C)(C)C(C)(C)C(C)(C)C1CC(=O)OC1=O. The number of carbonyl (C=O) groups is 2. The van der Waals surface area contributed by atoms with Gasteiger partial charge >= 0.3 is 11.9 Å². The fraction of sp³-hybridized carbons (Fsp3) is 0.949. The molecule has 3 heteroatoms.